The third kappa shape index (κ3) is 3.56. The van der Waals surface area contributed by atoms with E-state index in [1.807, 2.05) is 0 Å². The first-order chi connectivity index (χ1) is 12.0. The number of fused-ring (bicyclic) bond motifs is 3. The molecule has 0 aromatic heterocycles. The maximum absolute atomic E-state index is 12.6. The van der Waals surface area contributed by atoms with Crippen LogP contribution in [-0.4, -0.2) is 53.4 Å². The molecule has 1 atom stereocenters. The average Bonchev–Trinajstić information content (AvgIpc) is 2.78. The predicted octanol–water partition coefficient (Wildman–Crippen LogP) is 3.33. The molecule has 1 aromatic carbocycles. The number of hydrogen-bond donors (Lipinski definition) is 0. The number of amides is 2. The zero-order valence-electron chi connectivity index (χ0n) is 14.6. The molecule has 1 fully saturated rings. The topological polar surface area (TPSA) is 59.1 Å². The number of benzene rings is 1. The smallest absolute Gasteiger partial charge is 0.444 e. The van der Waals surface area contributed by atoms with Gasteiger partial charge in [-0.15, -0.1) is 13.2 Å². The van der Waals surface area contributed by atoms with Gasteiger partial charge in [0.05, 0.1) is 11.6 Å². The molecule has 0 N–H and O–H groups in total. The highest BCUT2D eigenvalue weighted by Gasteiger charge is 2.45. The minimum Gasteiger partial charge on any atom is -0.444 e. The Morgan fingerprint density at radius 3 is 2.50 bits per heavy atom. The minimum absolute atomic E-state index is 0.0964. The number of hydrogen-bond acceptors (Lipinski definition) is 4. The molecule has 2 amide bonds. The monoisotopic (exact) mass is 372 g/mol. The Balaban J connectivity index is 1.86. The van der Waals surface area contributed by atoms with Crippen molar-refractivity contribution in [3.63, 3.8) is 0 Å². The largest absolute Gasteiger partial charge is 0.573 e. The van der Waals surface area contributed by atoms with Crippen LogP contribution in [-0.2, 0) is 4.74 Å². The predicted molar refractivity (Wildman–Crippen MR) is 84.7 cm³/mol. The molecule has 0 bridgehead atoms. The lowest BCUT2D eigenvalue weighted by molar-refractivity contribution is -0.274. The van der Waals surface area contributed by atoms with Crippen molar-refractivity contribution in [2.75, 3.05) is 19.6 Å². The van der Waals surface area contributed by atoms with E-state index in [0.717, 1.165) is 6.07 Å². The van der Waals surface area contributed by atoms with Gasteiger partial charge < -0.3 is 19.3 Å². The molecule has 0 radical (unpaired) electrons. The molecule has 0 spiro atoms. The summed E-state index contributed by atoms with van der Waals surface area (Å²) in [4.78, 5) is 27.8. The van der Waals surface area contributed by atoms with Gasteiger partial charge in [-0.1, -0.05) is 12.1 Å². The van der Waals surface area contributed by atoms with E-state index in [9.17, 15) is 22.8 Å². The summed E-state index contributed by atoms with van der Waals surface area (Å²) in [6, 6.07) is 3.59. The van der Waals surface area contributed by atoms with Gasteiger partial charge in [0.1, 0.15) is 11.4 Å². The summed E-state index contributed by atoms with van der Waals surface area (Å²) in [6.45, 7) is 5.86. The Bertz CT molecular complexity index is 743. The molecule has 6 nitrogen and oxygen atoms in total. The van der Waals surface area contributed by atoms with E-state index in [1.165, 1.54) is 15.9 Å². The van der Waals surface area contributed by atoms with Crippen molar-refractivity contribution in [3.8, 4) is 5.75 Å². The molecule has 1 aromatic rings. The van der Waals surface area contributed by atoms with Crippen molar-refractivity contribution in [2.24, 2.45) is 0 Å². The lowest BCUT2D eigenvalue weighted by Crippen LogP contribution is -2.50. The zero-order chi connectivity index (χ0) is 19.3. The molecular formula is C17H19F3N2O4. The molecule has 2 aliphatic rings. The maximum atomic E-state index is 12.6. The van der Waals surface area contributed by atoms with E-state index in [4.69, 9.17) is 4.74 Å². The van der Waals surface area contributed by atoms with Crippen molar-refractivity contribution in [1.29, 1.82) is 0 Å². The Kier molecular flexibility index (Phi) is 4.28. The SMILES string of the molecule is CC(C)(C)OC(=O)N1CCN2C(=O)c3c(OC(F)(F)F)cccc3[C@@H]2C1. The van der Waals surface area contributed by atoms with Crippen LogP contribution >= 0.6 is 0 Å². The second kappa shape index (κ2) is 6.07. The number of piperazine rings is 1. The fourth-order valence-corrected chi connectivity index (χ4v) is 3.19. The van der Waals surface area contributed by atoms with Gasteiger partial charge in [0.2, 0.25) is 0 Å². The van der Waals surface area contributed by atoms with E-state index >= 15 is 0 Å². The number of carbonyl (C=O) groups excluding carboxylic acids is 2. The summed E-state index contributed by atoms with van der Waals surface area (Å²) in [5, 5.41) is 0. The van der Waals surface area contributed by atoms with Crippen molar-refractivity contribution in [2.45, 2.75) is 38.8 Å². The van der Waals surface area contributed by atoms with Crippen LogP contribution in [0.5, 0.6) is 5.75 Å². The van der Waals surface area contributed by atoms with Crippen LogP contribution in [0.25, 0.3) is 0 Å². The molecular weight excluding hydrogens is 353 g/mol. The molecule has 2 aliphatic heterocycles. The summed E-state index contributed by atoms with van der Waals surface area (Å²) in [6.07, 6.45) is -5.40. The molecule has 0 aliphatic carbocycles. The second-order valence-corrected chi connectivity index (χ2v) is 7.21. The maximum Gasteiger partial charge on any atom is 0.573 e. The van der Waals surface area contributed by atoms with Crippen LogP contribution in [0, 0.1) is 0 Å². The van der Waals surface area contributed by atoms with Crippen LogP contribution in [0.3, 0.4) is 0 Å². The summed E-state index contributed by atoms with van der Waals surface area (Å²) >= 11 is 0. The number of rotatable bonds is 1. The van der Waals surface area contributed by atoms with Gasteiger partial charge in [-0.3, -0.25) is 4.79 Å². The van der Waals surface area contributed by atoms with Crippen molar-refractivity contribution in [3.05, 3.63) is 29.3 Å². The molecule has 1 saturated heterocycles. The van der Waals surface area contributed by atoms with Crippen LogP contribution in [0.2, 0.25) is 0 Å². The minimum atomic E-state index is -4.89. The zero-order valence-corrected chi connectivity index (χ0v) is 14.6. The summed E-state index contributed by atoms with van der Waals surface area (Å²) in [7, 11) is 0. The summed E-state index contributed by atoms with van der Waals surface area (Å²) in [5.41, 5.74) is -0.336. The molecule has 26 heavy (non-hydrogen) atoms. The third-order valence-electron chi connectivity index (χ3n) is 4.15. The first-order valence-corrected chi connectivity index (χ1v) is 8.14. The number of alkyl halides is 3. The van der Waals surface area contributed by atoms with Gasteiger partial charge in [-0.2, -0.15) is 0 Å². The molecule has 2 heterocycles. The van der Waals surface area contributed by atoms with E-state index in [2.05, 4.69) is 4.74 Å². The lowest BCUT2D eigenvalue weighted by Gasteiger charge is -2.38. The Morgan fingerprint density at radius 2 is 1.88 bits per heavy atom. The van der Waals surface area contributed by atoms with Crippen LogP contribution in [0.1, 0.15) is 42.7 Å². The van der Waals surface area contributed by atoms with Crippen molar-refractivity contribution in [1.82, 2.24) is 9.80 Å². The van der Waals surface area contributed by atoms with Gasteiger partial charge in [0.25, 0.3) is 5.91 Å². The van der Waals surface area contributed by atoms with Gasteiger partial charge in [0.15, 0.2) is 0 Å². The molecule has 9 heteroatoms. The molecule has 0 unspecified atom stereocenters. The quantitative estimate of drug-likeness (QED) is 0.759. The van der Waals surface area contributed by atoms with Crippen LogP contribution in [0.4, 0.5) is 18.0 Å². The van der Waals surface area contributed by atoms with Crippen molar-refractivity contribution < 1.29 is 32.2 Å². The van der Waals surface area contributed by atoms with E-state index in [0.29, 0.717) is 5.56 Å². The highest BCUT2D eigenvalue weighted by atomic mass is 19.4. The average molecular weight is 372 g/mol. The number of carbonyl (C=O) groups is 2. The molecule has 0 saturated carbocycles. The third-order valence-corrected chi connectivity index (χ3v) is 4.15. The Labute approximate surface area is 148 Å². The fraction of sp³-hybridized carbons (Fsp3) is 0.529. The second-order valence-electron chi connectivity index (χ2n) is 7.21. The Morgan fingerprint density at radius 1 is 1.19 bits per heavy atom. The standard InChI is InChI=1S/C17H19F3N2O4/c1-16(2,3)26-15(24)21-7-8-22-11(9-21)10-5-4-6-12(13(10)14(22)23)25-17(18,19)20/h4-6,11H,7-9H2,1-3H3/t11-/m0/s1. The molecule has 3 rings (SSSR count). The first kappa shape index (κ1) is 18.3. The van der Waals surface area contributed by atoms with E-state index in [1.54, 1.807) is 26.8 Å². The van der Waals surface area contributed by atoms with Crippen LogP contribution in [0.15, 0.2) is 18.2 Å². The van der Waals surface area contributed by atoms with E-state index < -0.39 is 35.8 Å². The highest BCUT2D eigenvalue weighted by Crippen LogP contribution is 2.41. The Hall–Kier alpha value is -2.45. The molecule has 142 valence electrons. The number of halogens is 3. The van der Waals surface area contributed by atoms with Gasteiger partial charge in [-0.25, -0.2) is 4.79 Å². The van der Waals surface area contributed by atoms with E-state index in [-0.39, 0.29) is 25.2 Å². The van der Waals surface area contributed by atoms with Gasteiger partial charge >= 0.3 is 12.5 Å². The highest BCUT2D eigenvalue weighted by molar-refractivity contribution is 6.02. The van der Waals surface area contributed by atoms with Crippen LogP contribution < -0.4 is 4.74 Å². The summed E-state index contributed by atoms with van der Waals surface area (Å²) in [5.74, 6) is -1.04. The summed E-state index contributed by atoms with van der Waals surface area (Å²) < 4.78 is 47.2. The van der Waals surface area contributed by atoms with Gasteiger partial charge in [0, 0.05) is 19.6 Å². The first-order valence-electron chi connectivity index (χ1n) is 8.14. The number of ether oxygens (including phenoxy) is 2. The van der Waals surface area contributed by atoms with Crippen molar-refractivity contribution >= 4 is 12.0 Å². The van der Waals surface area contributed by atoms with Gasteiger partial charge in [-0.05, 0) is 32.4 Å². The number of nitrogens with zero attached hydrogens (tertiary/aromatic N) is 2. The normalized spacial score (nSPS) is 19.9. The fourth-order valence-electron chi connectivity index (χ4n) is 3.19. The lowest BCUT2D eigenvalue weighted by atomic mass is 10.0.